The van der Waals surface area contributed by atoms with Gasteiger partial charge in [0, 0.05) is 11.5 Å². The number of allylic oxidation sites excluding steroid dienone is 2. The van der Waals surface area contributed by atoms with Gasteiger partial charge in [-0.05, 0) is 74.9 Å². The quantitative estimate of drug-likeness (QED) is 0.345. The van der Waals surface area contributed by atoms with Crippen LogP contribution in [0.2, 0.25) is 0 Å². The van der Waals surface area contributed by atoms with Crippen molar-refractivity contribution in [1.29, 1.82) is 0 Å². The molecule has 0 unspecified atom stereocenters. The van der Waals surface area contributed by atoms with Gasteiger partial charge in [0.25, 0.3) is 0 Å². The van der Waals surface area contributed by atoms with Crippen LogP contribution in [-0.2, 0) is 0 Å². The molecule has 0 spiro atoms. The molecule has 0 amide bonds. The van der Waals surface area contributed by atoms with E-state index in [0.29, 0.717) is 12.5 Å². The molecule has 0 heterocycles. The number of hydrogen-bond acceptors (Lipinski definition) is 1. The molecule has 1 saturated carbocycles. The average molecular weight is 377 g/mol. The van der Waals surface area contributed by atoms with Gasteiger partial charge in [0.15, 0.2) is 0 Å². The minimum absolute atomic E-state index is 0.583. The zero-order valence-electron chi connectivity index (χ0n) is 17.8. The van der Waals surface area contributed by atoms with Crippen LogP contribution in [0.3, 0.4) is 0 Å². The Kier molecular flexibility index (Phi) is 11.1. The summed E-state index contributed by atoms with van der Waals surface area (Å²) in [5.41, 5.74) is 0.995. The third kappa shape index (κ3) is 9.19. The van der Waals surface area contributed by atoms with Crippen LogP contribution in [0.25, 0.3) is 0 Å². The molecule has 2 rings (SSSR count). The third-order valence-corrected chi connectivity index (χ3v) is 5.48. The molecule has 0 aromatic heterocycles. The molecule has 0 aliphatic heterocycles. The number of rotatable bonds is 8. The van der Waals surface area contributed by atoms with Crippen LogP contribution in [-0.4, -0.2) is 6.61 Å². The summed E-state index contributed by atoms with van der Waals surface area (Å²) in [6, 6.07) is 7.89. The largest absolute Gasteiger partial charge is 0.494 e. The summed E-state index contributed by atoms with van der Waals surface area (Å²) >= 11 is 0. The summed E-state index contributed by atoms with van der Waals surface area (Å²) in [6.45, 7) is 4.96. The van der Waals surface area contributed by atoms with Crippen LogP contribution >= 0.6 is 0 Å². The van der Waals surface area contributed by atoms with Crippen LogP contribution < -0.4 is 4.74 Å². The maximum absolute atomic E-state index is 5.44. The Bertz CT molecular complexity index is 682. The van der Waals surface area contributed by atoms with Gasteiger partial charge in [-0.3, -0.25) is 0 Å². The summed E-state index contributed by atoms with van der Waals surface area (Å²) < 4.78 is 5.44. The smallest absolute Gasteiger partial charge is 0.119 e. The fraction of sp³-hybridized carbons (Fsp3) is 0.556. The van der Waals surface area contributed by atoms with Crippen molar-refractivity contribution in [1.82, 2.24) is 0 Å². The summed E-state index contributed by atoms with van der Waals surface area (Å²) in [7, 11) is 0. The SMILES string of the molecule is CCCCCCCC1CCC(C#CC=CC#Cc2ccc(OCC)cc2)CC1. The molecule has 0 bridgehead atoms. The third-order valence-electron chi connectivity index (χ3n) is 5.48. The molecule has 0 N–H and O–H groups in total. The number of benzene rings is 1. The van der Waals surface area contributed by atoms with Crippen LogP contribution in [0.4, 0.5) is 0 Å². The van der Waals surface area contributed by atoms with E-state index >= 15 is 0 Å². The van der Waals surface area contributed by atoms with E-state index in [-0.39, 0.29) is 0 Å². The van der Waals surface area contributed by atoms with Gasteiger partial charge < -0.3 is 4.74 Å². The summed E-state index contributed by atoms with van der Waals surface area (Å²) in [5, 5.41) is 0. The fourth-order valence-electron chi connectivity index (χ4n) is 3.81. The van der Waals surface area contributed by atoms with E-state index in [9.17, 15) is 0 Å². The van der Waals surface area contributed by atoms with E-state index < -0.39 is 0 Å². The van der Waals surface area contributed by atoms with Crippen LogP contribution in [0, 0.1) is 35.5 Å². The molecule has 0 radical (unpaired) electrons. The van der Waals surface area contributed by atoms with E-state index in [1.807, 2.05) is 43.3 Å². The predicted octanol–water partition coefficient (Wildman–Crippen LogP) is 7.16. The van der Waals surface area contributed by atoms with Crippen LogP contribution in [0.1, 0.15) is 83.6 Å². The highest BCUT2D eigenvalue weighted by atomic mass is 16.5. The summed E-state index contributed by atoms with van der Waals surface area (Å²) in [5.74, 6) is 15.2. The van der Waals surface area contributed by atoms with Gasteiger partial charge in [-0.25, -0.2) is 0 Å². The zero-order chi connectivity index (χ0) is 19.9. The Hall–Kier alpha value is -2.12. The number of ether oxygens (including phenoxy) is 1. The zero-order valence-corrected chi connectivity index (χ0v) is 17.8. The molecule has 0 atom stereocenters. The van der Waals surface area contributed by atoms with Gasteiger partial charge in [0.1, 0.15) is 5.75 Å². The minimum atomic E-state index is 0.583. The second-order valence-corrected chi connectivity index (χ2v) is 7.77. The van der Waals surface area contributed by atoms with Crippen molar-refractivity contribution in [3.8, 4) is 29.4 Å². The Morgan fingerprint density at radius 3 is 2.32 bits per heavy atom. The highest BCUT2D eigenvalue weighted by Crippen LogP contribution is 2.31. The van der Waals surface area contributed by atoms with Crippen molar-refractivity contribution in [2.45, 2.75) is 78.1 Å². The lowest BCUT2D eigenvalue weighted by atomic mass is 9.80. The van der Waals surface area contributed by atoms with Crippen LogP contribution in [0.5, 0.6) is 5.75 Å². The van der Waals surface area contributed by atoms with Gasteiger partial charge >= 0.3 is 0 Å². The first kappa shape index (κ1) is 22.2. The molecule has 150 valence electrons. The minimum Gasteiger partial charge on any atom is -0.494 e. The van der Waals surface area contributed by atoms with E-state index in [2.05, 4.69) is 30.6 Å². The molecule has 0 saturated heterocycles. The second kappa shape index (κ2) is 14.0. The Balaban J connectivity index is 1.64. The van der Waals surface area contributed by atoms with E-state index in [0.717, 1.165) is 17.2 Å². The summed E-state index contributed by atoms with van der Waals surface area (Å²) in [6.07, 6.45) is 17.5. The van der Waals surface area contributed by atoms with Gasteiger partial charge in [-0.15, -0.1) is 0 Å². The molecule has 1 aliphatic carbocycles. The average Bonchev–Trinajstić information content (AvgIpc) is 2.73. The van der Waals surface area contributed by atoms with Crippen molar-refractivity contribution in [3.63, 3.8) is 0 Å². The highest BCUT2D eigenvalue weighted by Gasteiger charge is 2.19. The molecule has 1 aliphatic rings. The monoisotopic (exact) mass is 376 g/mol. The van der Waals surface area contributed by atoms with E-state index in [4.69, 9.17) is 4.74 Å². The lowest BCUT2D eigenvalue weighted by Gasteiger charge is -2.25. The van der Waals surface area contributed by atoms with Crippen LogP contribution in [0.15, 0.2) is 36.4 Å². The molecular formula is C27H36O. The Morgan fingerprint density at radius 1 is 0.893 bits per heavy atom. The molecule has 1 heteroatoms. The number of hydrogen-bond donors (Lipinski definition) is 0. The first-order chi connectivity index (χ1) is 13.8. The van der Waals surface area contributed by atoms with E-state index in [1.54, 1.807) is 0 Å². The first-order valence-electron chi connectivity index (χ1n) is 11.2. The lowest BCUT2D eigenvalue weighted by molar-refractivity contribution is 0.294. The maximum atomic E-state index is 5.44. The topological polar surface area (TPSA) is 9.23 Å². The molecule has 1 aromatic carbocycles. The Labute approximate surface area is 173 Å². The predicted molar refractivity (Wildman–Crippen MR) is 120 cm³/mol. The molecular weight excluding hydrogens is 340 g/mol. The maximum Gasteiger partial charge on any atom is 0.119 e. The van der Waals surface area contributed by atoms with Crippen molar-refractivity contribution < 1.29 is 4.74 Å². The van der Waals surface area contributed by atoms with Gasteiger partial charge in [0.05, 0.1) is 6.61 Å². The first-order valence-corrected chi connectivity index (χ1v) is 11.2. The Morgan fingerprint density at radius 2 is 1.61 bits per heavy atom. The highest BCUT2D eigenvalue weighted by molar-refractivity contribution is 5.40. The fourth-order valence-corrected chi connectivity index (χ4v) is 3.81. The van der Waals surface area contributed by atoms with Crippen molar-refractivity contribution in [3.05, 3.63) is 42.0 Å². The van der Waals surface area contributed by atoms with Crippen molar-refractivity contribution in [2.75, 3.05) is 6.61 Å². The lowest BCUT2D eigenvalue weighted by Crippen LogP contribution is -2.13. The van der Waals surface area contributed by atoms with Gasteiger partial charge in [-0.1, -0.05) is 69.1 Å². The second-order valence-electron chi connectivity index (χ2n) is 7.77. The molecule has 1 nitrogen and oxygen atoms in total. The molecule has 28 heavy (non-hydrogen) atoms. The van der Waals surface area contributed by atoms with Gasteiger partial charge in [-0.2, -0.15) is 0 Å². The molecule has 1 fully saturated rings. The van der Waals surface area contributed by atoms with Gasteiger partial charge in [0.2, 0.25) is 0 Å². The standard InChI is InChI=1S/C27H36O/c1-3-5-6-7-10-13-24-16-18-25(19-17-24)14-11-8-9-12-15-26-20-22-27(23-21-26)28-4-2/h8-9,20-25H,3-7,10,13,16-19H2,1-2H3. The van der Waals surface area contributed by atoms with Crippen molar-refractivity contribution >= 4 is 0 Å². The number of unbranched alkanes of at least 4 members (excludes halogenated alkanes) is 4. The summed E-state index contributed by atoms with van der Waals surface area (Å²) in [4.78, 5) is 0. The molecule has 1 aromatic rings. The van der Waals surface area contributed by atoms with E-state index in [1.165, 1.54) is 64.2 Å². The normalized spacial score (nSPS) is 18.8. The van der Waals surface area contributed by atoms with Crippen molar-refractivity contribution in [2.24, 2.45) is 11.8 Å².